The number of carbonyl (C=O) groups is 2. The Bertz CT molecular complexity index is 1040. The molecule has 1 N–H and O–H groups in total. The molecule has 0 saturated carbocycles. The average Bonchev–Trinajstić information content (AvgIpc) is 3.32. The van der Waals surface area contributed by atoms with Gasteiger partial charge >= 0.3 is 0 Å². The number of fused-ring (bicyclic) bond motifs is 1. The Balaban J connectivity index is 1.34. The van der Waals surface area contributed by atoms with Gasteiger partial charge in [-0.1, -0.05) is 43.0 Å². The minimum Gasteiger partial charge on any atom is -0.354 e. The molecule has 0 spiro atoms. The minimum atomic E-state index is -0.630. The number of hydrogen-bond acceptors (Lipinski definition) is 3. The summed E-state index contributed by atoms with van der Waals surface area (Å²) in [4.78, 5) is 26.7. The van der Waals surface area contributed by atoms with Gasteiger partial charge in [0.15, 0.2) is 0 Å². The first kappa shape index (κ1) is 18.7. The lowest BCUT2D eigenvalue weighted by molar-refractivity contribution is -0.124. The molecule has 0 fully saturated rings. The Morgan fingerprint density at radius 1 is 1.10 bits per heavy atom. The van der Waals surface area contributed by atoms with E-state index >= 15 is 0 Å². The van der Waals surface area contributed by atoms with E-state index in [0.717, 1.165) is 16.8 Å². The van der Waals surface area contributed by atoms with Gasteiger partial charge in [0.25, 0.3) is 5.91 Å². The van der Waals surface area contributed by atoms with Crippen LogP contribution in [0.2, 0.25) is 0 Å². The highest BCUT2D eigenvalue weighted by Crippen LogP contribution is 2.32. The lowest BCUT2D eigenvalue weighted by Gasteiger charge is -2.24. The van der Waals surface area contributed by atoms with Crippen LogP contribution in [0.25, 0.3) is 11.4 Å². The Labute approximate surface area is 169 Å². The maximum absolute atomic E-state index is 12.7. The van der Waals surface area contributed by atoms with E-state index in [9.17, 15) is 9.59 Å². The first-order chi connectivity index (χ1) is 14.1. The maximum Gasteiger partial charge on any atom is 0.259 e. The summed E-state index contributed by atoms with van der Waals surface area (Å²) in [7, 11) is 0. The largest absolute Gasteiger partial charge is 0.354 e. The van der Waals surface area contributed by atoms with Gasteiger partial charge in [-0.2, -0.15) is 5.10 Å². The molecule has 0 bridgehead atoms. The molecule has 6 nitrogen and oxygen atoms in total. The van der Waals surface area contributed by atoms with Crippen molar-refractivity contribution in [2.45, 2.75) is 19.4 Å². The molecule has 1 aromatic heterocycles. The zero-order chi connectivity index (χ0) is 20.4. The zero-order valence-corrected chi connectivity index (χ0v) is 16.2. The second-order valence-corrected chi connectivity index (χ2v) is 7.01. The van der Waals surface area contributed by atoms with E-state index in [1.807, 2.05) is 59.4 Å². The van der Waals surface area contributed by atoms with Crippen molar-refractivity contribution in [3.63, 3.8) is 0 Å². The van der Waals surface area contributed by atoms with Gasteiger partial charge in [0.1, 0.15) is 6.04 Å². The molecule has 146 valence electrons. The molecule has 2 aromatic carbocycles. The van der Waals surface area contributed by atoms with Gasteiger partial charge in [-0.25, -0.2) is 4.68 Å². The maximum atomic E-state index is 12.7. The number of nitrogens with one attached hydrogen (secondary N) is 1. The van der Waals surface area contributed by atoms with E-state index in [2.05, 4.69) is 17.0 Å². The number of benzene rings is 2. The molecule has 2 heterocycles. The highest BCUT2D eigenvalue weighted by Gasteiger charge is 2.36. The predicted molar refractivity (Wildman–Crippen MR) is 111 cm³/mol. The van der Waals surface area contributed by atoms with Crippen molar-refractivity contribution in [1.29, 1.82) is 0 Å². The van der Waals surface area contributed by atoms with Crippen LogP contribution in [-0.4, -0.2) is 39.1 Å². The Kier molecular flexibility index (Phi) is 4.99. The average molecular weight is 386 g/mol. The topological polar surface area (TPSA) is 67.2 Å². The number of amides is 2. The summed E-state index contributed by atoms with van der Waals surface area (Å²) >= 11 is 0. The third-order valence-electron chi connectivity index (χ3n) is 5.11. The number of nitrogens with zero attached hydrogens (tertiary/aromatic N) is 3. The van der Waals surface area contributed by atoms with E-state index < -0.39 is 6.04 Å². The van der Waals surface area contributed by atoms with Crippen LogP contribution in [0.4, 0.5) is 0 Å². The standard InChI is InChI=1S/C23H22N4O2/c1-16-20-10-6-7-11-21(20)23(29)27(16)17(2)22(28)24-13-12-18-14-25-26(15-18)19-8-4-3-5-9-19/h3-11,14-15,17H,1,12-13H2,2H3,(H,24,28)/t17-/m0/s1. The smallest absolute Gasteiger partial charge is 0.259 e. The molecule has 0 aliphatic carbocycles. The molecule has 29 heavy (non-hydrogen) atoms. The summed E-state index contributed by atoms with van der Waals surface area (Å²) in [6, 6.07) is 16.5. The number of carbonyl (C=O) groups excluding carboxylic acids is 2. The van der Waals surface area contributed by atoms with E-state index in [-0.39, 0.29) is 11.8 Å². The van der Waals surface area contributed by atoms with Gasteiger partial charge in [-0.3, -0.25) is 14.5 Å². The molecule has 0 saturated heterocycles. The minimum absolute atomic E-state index is 0.183. The molecule has 0 unspecified atom stereocenters. The SMILES string of the molecule is C=C1c2ccccc2C(=O)N1[C@@H](C)C(=O)NCCc1cnn(-c2ccccc2)c1. The lowest BCUT2D eigenvalue weighted by atomic mass is 10.1. The summed E-state index contributed by atoms with van der Waals surface area (Å²) in [5.74, 6) is -0.389. The molecule has 4 rings (SSSR count). The van der Waals surface area contributed by atoms with Gasteiger partial charge in [0.2, 0.25) is 5.91 Å². The van der Waals surface area contributed by atoms with Crippen LogP contribution >= 0.6 is 0 Å². The third kappa shape index (κ3) is 3.57. The molecule has 2 amide bonds. The molecular formula is C23H22N4O2. The first-order valence-electron chi connectivity index (χ1n) is 9.55. The van der Waals surface area contributed by atoms with Crippen molar-refractivity contribution < 1.29 is 9.59 Å². The molecule has 6 heteroatoms. The fraction of sp³-hybridized carbons (Fsp3) is 0.174. The third-order valence-corrected chi connectivity index (χ3v) is 5.11. The van der Waals surface area contributed by atoms with E-state index in [1.165, 1.54) is 4.90 Å². The Morgan fingerprint density at radius 3 is 2.52 bits per heavy atom. The van der Waals surface area contributed by atoms with Gasteiger partial charge in [-0.15, -0.1) is 0 Å². The molecule has 1 aliphatic rings. The Hall–Kier alpha value is -3.67. The van der Waals surface area contributed by atoms with Gasteiger partial charge in [0, 0.05) is 29.6 Å². The van der Waals surface area contributed by atoms with E-state index in [4.69, 9.17) is 0 Å². The summed E-state index contributed by atoms with van der Waals surface area (Å²) in [6.07, 6.45) is 4.40. The van der Waals surface area contributed by atoms with E-state index in [1.54, 1.807) is 19.2 Å². The molecule has 3 aromatic rings. The van der Waals surface area contributed by atoms with Crippen LogP contribution in [0.15, 0.2) is 73.6 Å². The molecule has 1 atom stereocenters. The monoisotopic (exact) mass is 386 g/mol. The quantitative estimate of drug-likeness (QED) is 0.708. The van der Waals surface area contributed by atoms with Crippen molar-refractivity contribution >= 4 is 17.5 Å². The summed E-state index contributed by atoms with van der Waals surface area (Å²) < 4.78 is 1.81. The van der Waals surface area contributed by atoms with Crippen molar-refractivity contribution in [3.05, 3.63) is 90.3 Å². The number of para-hydroxylation sites is 1. The zero-order valence-electron chi connectivity index (χ0n) is 16.2. The van der Waals surface area contributed by atoms with Gasteiger partial charge < -0.3 is 5.32 Å². The first-order valence-corrected chi connectivity index (χ1v) is 9.55. The summed E-state index contributed by atoms with van der Waals surface area (Å²) in [6.45, 7) is 6.19. The van der Waals surface area contributed by atoms with Gasteiger partial charge in [0.05, 0.1) is 11.9 Å². The van der Waals surface area contributed by atoms with Crippen LogP contribution < -0.4 is 5.32 Å². The normalized spacial score (nSPS) is 14.0. The fourth-order valence-corrected chi connectivity index (χ4v) is 3.52. The second kappa shape index (κ2) is 7.75. The summed E-state index contributed by atoms with van der Waals surface area (Å²) in [5, 5.41) is 7.28. The van der Waals surface area contributed by atoms with Crippen LogP contribution in [-0.2, 0) is 11.2 Å². The Morgan fingerprint density at radius 2 is 1.79 bits per heavy atom. The van der Waals surface area contributed by atoms with Gasteiger partial charge in [-0.05, 0) is 37.1 Å². The van der Waals surface area contributed by atoms with Crippen LogP contribution in [0, 0.1) is 0 Å². The molecule has 0 radical (unpaired) electrons. The highest BCUT2D eigenvalue weighted by atomic mass is 16.2. The van der Waals surface area contributed by atoms with Crippen LogP contribution in [0.1, 0.15) is 28.4 Å². The number of aromatic nitrogens is 2. The van der Waals surface area contributed by atoms with Crippen molar-refractivity contribution in [2.75, 3.05) is 6.54 Å². The van der Waals surface area contributed by atoms with Crippen molar-refractivity contribution in [2.24, 2.45) is 0 Å². The van der Waals surface area contributed by atoms with Crippen LogP contribution in [0.5, 0.6) is 0 Å². The molecular weight excluding hydrogens is 364 g/mol. The lowest BCUT2D eigenvalue weighted by Crippen LogP contribution is -2.45. The number of rotatable bonds is 6. The highest BCUT2D eigenvalue weighted by molar-refractivity contribution is 6.10. The van der Waals surface area contributed by atoms with Crippen LogP contribution in [0.3, 0.4) is 0 Å². The summed E-state index contributed by atoms with van der Waals surface area (Å²) in [5.41, 5.74) is 3.95. The second-order valence-electron chi connectivity index (χ2n) is 7.01. The predicted octanol–water partition coefficient (Wildman–Crippen LogP) is 3.05. The molecule has 1 aliphatic heterocycles. The van der Waals surface area contributed by atoms with Crippen molar-refractivity contribution in [3.8, 4) is 5.69 Å². The van der Waals surface area contributed by atoms with Crippen molar-refractivity contribution in [1.82, 2.24) is 20.0 Å². The fourth-order valence-electron chi connectivity index (χ4n) is 3.52. The van der Waals surface area contributed by atoms with E-state index in [0.29, 0.717) is 24.2 Å². The number of hydrogen-bond donors (Lipinski definition) is 1.